The monoisotopic (exact) mass is 391 g/mol. The van der Waals surface area contributed by atoms with Crippen molar-refractivity contribution < 1.29 is 22.6 Å². The second kappa shape index (κ2) is 8.63. The molecule has 2 aromatic rings. The van der Waals surface area contributed by atoms with Crippen LogP contribution in [-0.2, 0) is 10.0 Å². The van der Waals surface area contributed by atoms with E-state index in [4.69, 9.17) is 14.2 Å². The van der Waals surface area contributed by atoms with Crippen LogP contribution in [-0.4, -0.2) is 46.6 Å². The Bertz CT molecular complexity index is 851. The van der Waals surface area contributed by atoms with E-state index < -0.39 is 10.0 Å². The first-order valence-electron chi connectivity index (χ1n) is 8.94. The van der Waals surface area contributed by atoms with Gasteiger partial charge < -0.3 is 14.2 Å². The van der Waals surface area contributed by atoms with Crippen molar-refractivity contribution in [2.75, 3.05) is 33.9 Å². The first kappa shape index (κ1) is 19.5. The number of ether oxygens (including phenoxy) is 3. The van der Waals surface area contributed by atoms with Crippen LogP contribution in [0, 0.1) is 5.92 Å². The predicted molar refractivity (Wildman–Crippen MR) is 103 cm³/mol. The first-order chi connectivity index (χ1) is 13.0. The number of methoxy groups -OCH3 is 2. The van der Waals surface area contributed by atoms with E-state index in [-0.39, 0.29) is 5.92 Å². The number of sulfonamides is 1. The smallest absolute Gasteiger partial charge is 0.243 e. The van der Waals surface area contributed by atoms with Gasteiger partial charge in [0, 0.05) is 13.1 Å². The first-order valence-corrected chi connectivity index (χ1v) is 10.4. The summed E-state index contributed by atoms with van der Waals surface area (Å²) < 4.78 is 43.3. The fourth-order valence-corrected chi connectivity index (χ4v) is 4.75. The molecule has 1 aliphatic heterocycles. The van der Waals surface area contributed by atoms with Gasteiger partial charge in [-0.15, -0.1) is 0 Å². The minimum Gasteiger partial charge on any atom is -0.497 e. The Morgan fingerprint density at radius 3 is 2.37 bits per heavy atom. The van der Waals surface area contributed by atoms with E-state index >= 15 is 0 Å². The maximum Gasteiger partial charge on any atom is 0.243 e. The van der Waals surface area contributed by atoms with E-state index in [0.717, 1.165) is 12.8 Å². The maximum atomic E-state index is 12.8. The van der Waals surface area contributed by atoms with Crippen LogP contribution >= 0.6 is 0 Å². The lowest BCUT2D eigenvalue weighted by Crippen LogP contribution is -2.29. The molecule has 0 radical (unpaired) electrons. The fraction of sp³-hybridized carbons (Fsp3) is 0.400. The van der Waals surface area contributed by atoms with E-state index in [2.05, 4.69) is 0 Å². The van der Waals surface area contributed by atoms with Crippen LogP contribution in [0.3, 0.4) is 0 Å². The predicted octanol–water partition coefficient (Wildman–Crippen LogP) is 3.18. The second-order valence-corrected chi connectivity index (χ2v) is 8.42. The van der Waals surface area contributed by atoms with Crippen LogP contribution in [0.2, 0.25) is 0 Å². The molecule has 0 spiro atoms. The summed E-state index contributed by atoms with van der Waals surface area (Å²) in [5.74, 6) is 2.34. The SMILES string of the molecule is COc1ccc(S(=O)(=O)N2CCC(CCOc3ccccc3OC)C2)cc1. The van der Waals surface area contributed by atoms with Crippen LogP contribution in [0.4, 0.5) is 0 Å². The summed E-state index contributed by atoms with van der Waals surface area (Å²) in [5, 5.41) is 0. The molecule has 3 rings (SSSR count). The van der Waals surface area contributed by atoms with E-state index in [1.807, 2.05) is 24.3 Å². The van der Waals surface area contributed by atoms with Gasteiger partial charge in [-0.1, -0.05) is 12.1 Å². The molecule has 0 amide bonds. The highest BCUT2D eigenvalue weighted by atomic mass is 32.2. The topological polar surface area (TPSA) is 65.1 Å². The number of hydrogen-bond donors (Lipinski definition) is 0. The van der Waals surface area contributed by atoms with Crippen molar-refractivity contribution >= 4 is 10.0 Å². The molecule has 0 bridgehead atoms. The third kappa shape index (κ3) is 4.54. The van der Waals surface area contributed by atoms with Crippen molar-refractivity contribution in [3.8, 4) is 17.2 Å². The number of nitrogens with zero attached hydrogens (tertiary/aromatic N) is 1. The summed E-state index contributed by atoms with van der Waals surface area (Å²) in [6.07, 6.45) is 1.64. The van der Waals surface area contributed by atoms with Crippen molar-refractivity contribution in [2.24, 2.45) is 5.92 Å². The lowest BCUT2D eigenvalue weighted by molar-refractivity contribution is 0.266. The second-order valence-electron chi connectivity index (χ2n) is 6.48. The zero-order valence-electron chi connectivity index (χ0n) is 15.6. The Balaban J connectivity index is 1.54. The van der Waals surface area contributed by atoms with Gasteiger partial charge in [0.25, 0.3) is 0 Å². The van der Waals surface area contributed by atoms with Crippen molar-refractivity contribution in [2.45, 2.75) is 17.7 Å². The molecule has 7 heteroatoms. The van der Waals surface area contributed by atoms with Gasteiger partial charge in [-0.2, -0.15) is 4.31 Å². The lowest BCUT2D eigenvalue weighted by atomic mass is 10.1. The minimum atomic E-state index is -3.47. The molecular weight excluding hydrogens is 366 g/mol. The Kier molecular flexibility index (Phi) is 6.23. The van der Waals surface area contributed by atoms with Crippen molar-refractivity contribution in [3.05, 3.63) is 48.5 Å². The van der Waals surface area contributed by atoms with Gasteiger partial charge in [-0.05, 0) is 55.2 Å². The standard InChI is InChI=1S/C20H25NO5S/c1-24-17-7-9-18(10-8-17)27(22,23)21-13-11-16(15-21)12-14-26-20-6-4-3-5-19(20)25-2/h3-10,16H,11-15H2,1-2H3. The van der Waals surface area contributed by atoms with Crippen LogP contribution < -0.4 is 14.2 Å². The Morgan fingerprint density at radius 2 is 1.70 bits per heavy atom. The molecule has 27 heavy (non-hydrogen) atoms. The average Bonchev–Trinajstić information content (AvgIpc) is 3.18. The minimum absolute atomic E-state index is 0.285. The van der Waals surface area contributed by atoms with Crippen molar-refractivity contribution in [3.63, 3.8) is 0 Å². The summed E-state index contributed by atoms with van der Waals surface area (Å²) in [6.45, 7) is 1.58. The fourth-order valence-electron chi connectivity index (χ4n) is 3.22. The lowest BCUT2D eigenvalue weighted by Gasteiger charge is -2.17. The van der Waals surface area contributed by atoms with E-state index in [1.54, 1.807) is 42.8 Å². The van der Waals surface area contributed by atoms with Gasteiger partial charge in [-0.3, -0.25) is 0 Å². The molecule has 2 aromatic carbocycles. The van der Waals surface area contributed by atoms with E-state index in [1.165, 1.54) is 0 Å². The molecule has 1 aliphatic rings. The third-order valence-electron chi connectivity index (χ3n) is 4.80. The largest absolute Gasteiger partial charge is 0.497 e. The normalized spacial score (nSPS) is 17.6. The highest BCUT2D eigenvalue weighted by molar-refractivity contribution is 7.89. The molecule has 6 nitrogen and oxygen atoms in total. The number of benzene rings is 2. The van der Waals surface area contributed by atoms with Gasteiger partial charge in [0.15, 0.2) is 11.5 Å². The molecule has 1 fully saturated rings. The van der Waals surface area contributed by atoms with Crippen LogP contribution in [0.1, 0.15) is 12.8 Å². The highest BCUT2D eigenvalue weighted by Crippen LogP contribution is 2.29. The Morgan fingerprint density at radius 1 is 1.00 bits per heavy atom. The van der Waals surface area contributed by atoms with Crippen molar-refractivity contribution in [1.29, 1.82) is 0 Å². The number of hydrogen-bond acceptors (Lipinski definition) is 5. The summed E-state index contributed by atoms with van der Waals surface area (Å²) in [7, 11) is -0.298. The van der Waals surface area contributed by atoms with Gasteiger partial charge in [0.05, 0.1) is 25.7 Å². The molecule has 1 unspecified atom stereocenters. The summed E-state index contributed by atoms with van der Waals surface area (Å²) in [4.78, 5) is 0.300. The maximum absolute atomic E-state index is 12.8. The molecule has 1 atom stereocenters. The van der Waals surface area contributed by atoms with Gasteiger partial charge in [0.1, 0.15) is 5.75 Å². The van der Waals surface area contributed by atoms with Gasteiger partial charge >= 0.3 is 0 Å². The summed E-state index contributed by atoms with van der Waals surface area (Å²) >= 11 is 0. The molecule has 1 saturated heterocycles. The quantitative estimate of drug-likeness (QED) is 0.691. The average molecular weight is 391 g/mol. The molecule has 1 heterocycles. The van der Waals surface area contributed by atoms with E-state index in [9.17, 15) is 8.42 Å². The Labute approximate surface area is 160 Å². The molecule has 0 N–H and O–H groups in total. The van der Waals surface area contributed by atoms with Gasteiger partial charge in [0.2, 0.25) is 10.0 Å². The number of rotatable bonds is 8. The van der Waals surface area contributed by atoms with Gasteiger partial charge in [-0.25, -0.2) is 8.42 Å². The molecular formula is C20H25NO5S. The molecule has 146 valence electrons. The molecule has 0 aliphatic carbocycles. The Hall–Kier alpha value is -2.25. The zero-order valence-corrected chi connectivity index (χ0v) is 16.4. The van der Waals surface area contributed by atoms with Crippen LogP contribution in [0.15, 0.2) is 53.4 Å². The highest BCUT2D eigenvalue weighted by Gasteiger charge is 2.32. The summed E-state index contributed by atoms with van der Waals surface area (Å²) in [5.41, 5.74) is 0. The number of para-hydroxylation sites is 2. The summed E-state index contributed by atoms with van der Waals surface area (Å²) in [6, 6.07) is 14.0. The zero-order chi connectivity index (χ0) is 19.3. The third-order valence-corrected chi connectivity index (χ3v) is 6.68. The van der Waals surface area contributed by atoms with Crippen molar-refractivity contribution in [1.82, 2.24) is 4.31 Å². The molecule has 0 aromatic heterocycles. The van der Waals surface area contributed by atoms with E-state index in [0.29, 0.717) is 41.8 Å². The van der Waals surface area contributed by atoms with Crippen LogP contribution in [0.5, 0.6) is 17.2 Å². The van der Waals surface area contributed by atoms with Crippen LogP contribution in [0.25, 0.3) is 0 Å². The molecule has 0 saturated carbocycles.